The van der Waals surface area contributed by atoms with Crippen LogP contribution in [0.15, 0.2) is 24.4 Å². The van der Waals surface area contributed by atoms with Crippen molar-refractivity contribution in [2.45, 2.75) is 13.3 Å². The van der Waals surface area contributed by atoms with Gasteiger partial charge in [0.15, 0.2) is 0 Å². The molecular formula is C17H19Cl2N5O4S. The van der Waals surface area contributed by atoms with Gasteiger partial charge >= 0.3 is 0 Å². The Balaban J connectivity index is 2.36. The van der Waals surface area contributed by atoms with Crippen LogP contribution in [0.4, 0.5) is 17.2 Å². The van der Waals surface area contributed by atoms with E-state index >= 15 is 0 Å². The van der Waals surface area contributed by atoms with E-state index < -0.39 is 15.9 Å². The van der Waals surface area contributed by atoms with E-state index in [0.29, 0.717) is 6.42 Å². The molecule has 0 spiro atoms. The summed E-state index contributed by atoms with van der Waals surface area (Å²) in [5, 5.41) is 10.1. The minimum absolute atomic E-state index is 0.0270. The van der Waals surface area contributed by atoms with Gasteiger partial charge in [-0.15, -0.1) is 0 Å². The third-order valence-corrected chi connectivity index (χ3v) is 5.87. The van der Waals surface area contributed by atoms with Crippen molar-refractivity contribution in [1.82, 2.24) is 4.98 Å². The molecule has 0 saturated heterocycles. The monoisotopic (exact) mass is 459 g/mol. The summed E-state index contributed by atoms with van der Waals surface area (Å²) in [4.78, 5) is 16.6. The quantitative estimate of drug-likeness (QED) is 0.368. The Labute approximate surface area is 178 Å². The molecule has 0 saturated carbocycles. The topological polar surface area (TPSA) is 147 Å². The Kier molecular flexibility index (Phi) is 7.28. The van der Waals surface area contributed by atoms with Crippen molar-refractivity contribution in [3.8, 4) is 0 Å². The lowest BCUT2D eigenvalue weighted by Gasteiger charge is -2.14. The van der Waals surface area contributed by atoms with Crippen LogP contribution in [0.3, 0.4) is 0 Å². The van der Waals surface area contributed by atoms with Crippen LogP contribution in [0.5, 0.6) is 0 Å². The van der Waals surface area contributed by atoms with E-state index in [4.69, 9.17) is 39.1 Å². The van der Waals surface area contributed by atoms with Crippen molar-refractivity contribution in [3.63, 3.8) is 0 Å². The molecule has 0 fully saturated rings. The second-order valence-corrected chi connectivity index (χ2v) is 8.48. The number of pyridine rings is 1. The van der Waals surface area contributed by atoms with Gasteiger partial charge in [-0.25, -0.2) is 13.4 Å². The fourth-order valence-corrected chi connectivity index (χ4v) is 4.15. The summed E-state index contributed by atoms with van der Waals surface area (Å²) in [6.45, 7) is 1.72. The predicted molar refractivity (Wildman–Crippen MR) is 115 cm³/mol. The molecule has 0 radical (unpaired) electrons. The van der Waals surface area contributed by atoms with Crippen molar-refractivity contribution in [2.24, 2.45) is 0 Å². The van der Waals surface area contributed by atoms with Gasteiger partial charge < -0.3 is 15.8 Å². The zero-order chi connectivity index (χ0) is 21.8. The second kappa shape index (κ2) is 9.29. The number of amides is 1. The molecule has 0 bridgehead atoms. The number of hydrogen-bond acceptors (Lipinski definition) is 7. The number of halogens is 2. The average Bonchev–Trinajstić information content (AvgIpc) is 2.65. The van der Waals surface area contributed by atoms with E-state index in [2.05, 4.69) is 15.0 Å². The highest BCUT2D eigenvalue weighted by Gasteiger charge is 2.21. The number of nitrogens with zero attached hydrogens (tertiary/aromatic N) is 1. The molecular weight excluding hydrogens is 441 g/mol. The first-order valence-electron chi connectivity index (χ1n) is 8.27. The third-order valence-electron chi connectivity index (χ3n) is 3.68. The number of methoxy groups -OCH3 is 1. The standard InChI is InChI=1S/C17H19Cl2N5O4S/c1-3-6-29(26,27)24-12-5-4-11(18)13(14(12)19)17(25)23-9-7-10(16(21)28-2)15(20)22-8-9/h4-5,7-8,21,24H,3,6H2,1-2H3,(H2,20,22)(H,23,25). The minimum atomic E-state index is -3.61. The van der Waals surface area contributed by atoms with E-state index in [1.54, 1.807) is 6.92 Å². The first-order valence-corrected chi connectivity index (χ1v) is 10.7. The number of hydrogen-bond donors (Lipinski definition) is 4. The third kappa shape index (κ3) is 5.49. The van der Waals surface area contributed by atoms with Crippen molar-refractivity contribution in [2.75, 3.05) is 28.6 Å². The van der Waals surface area contributed by atoms with Crippen LogP contribution in [0, 0.1) is 5.41 Å². The molecule has 1 amide bonds. The molecule has 0 aliphatic carbocycles. The normalized spacial score (nSPS) is 11.0. The molecule has 12 heteroatoms. The lowest BCUT2D eigenvalue weighted by Crippen LogP contribution is -2.18. The van der Waals surface area contributed by atoms with Crippen molar-refractivity contribution in [1.29, 1.82) is 5.41 Å². The molecule has 2 aromatic rings. The molecule has 0 aliphatic rings. The summed E-state index contributed by atoms with van der Waals surface area (Å²) in [6, 6.07) is 4.14. The van der Waals surface area contributed by atoms with Crippen LogP contribution in [-0.4, -0.2) is 38.1 Å². The number of nitrogens with two attached hydrogens (primary N) is 1. The highest BCUT2D eigenvalue weighted by molar-refractivity contribution is 7.92. The van der Waals surface area contributed by atoms with Gasteiger partial charge in [0.25, 0.3) is 5.91 Å². The average molecular weight is 460 g/mol. The van der Waals surface area contributed by atoms with Crippen LogP contribution in [0.1, 0.15) is 29.3 Å². The van der Waals surface area contributed by atoms with E-state index in [9.17, 15) is 13.2 Å². The summed E-state index contributed by atoms with van der Waals surface area (Å²) < 4.78 is 31.2. The van der Waals surface area contributed by atoms with Crippen LogP contribution in [-0.2, 0) is 14.8 Å². The van der Waals surface area contributed by atoms with Gasteiger partial charge in [-0.2, -0.15) is 0 Å². The lowest BCUT2D eigenvalue weighted by molar-refractivity contribution is 0.102. The van der Waals surface area contributed by atoms with Crippen molar-refractivity contribution in [3.05, 3.63) is 45.6 Å². The van der Waals surface area contributed by atoms with Gasteiger partial charge in [0.05, 0.1) is 51.6 Å². The highest BCUT2D eigenvalue weighted by Crippen LogP contribution is 2.33. The molecule has 0 aliphatic heterocycles. The number of nitrogens with one attached hydrogen (secondary N) is 3. The second-order valence-electron chi connectivity index (χ2n) is 5.85. The van der Waals surface area contributed by atoms with Gasteiger partial charge in [0.1, 0.15) is 5.82 Å². The van der Waals surface area contributed by atoms with Gasteiger partial charge in [0, 0.05) is 0 Å². The fraction of sp³-hybridized carbons (Fsp3) is 0.235. The van der Waals surface area contributed by atoms with Gasteiger partial charge in [-0.3, -0.25) is 14.9 Å². The number of rotatable bonds is 7. The summed E-state index contributed by atoms with van der Waals surface area (Å²) in [7, 11) is -2.31. The van der Waals surface area contributed by atoms with Crippen LogP contribution < -0.4 is 15.8 Å². The number of anilines is 3. The molecule has 1 aromatic heterocycles. The van der Waals surface area contributed by atoms with E-state index in [-0.39, 0.29) is 50.0 Å². The molecule has 29 heavy (non-hydrogen) atoms. The maximum Gasteiger partial charge on any atom is 0.258 e. The number of ether oxygens (including phenoxy) is 1. The van der Waals surface area contributed by atoms with Gasteiger partial charge in [-0.05, 0) is 24.6 Å². The zero-order valence-electron chi connectivity index (χ0n) is 15.5. The van der Waals surface area contributed by atoms with Gasteiger partial charge in [0.2, 0.25) is 15.9 Å². The maximum absolute atomic E-state index is 12.7. The first-order chi connectivity index (χ1) is 13.6. The summed E-state index contributed by atoms with van der Waals surface area (Å²) in [5.74, 6) is -0.968. The number of carbonyl (C=O) groups is 1. The van der Waals surface area contributed by atoms with Gasteiger partial charge in [-0.1, -0.05) is 30.1 Å². The van der Waals surface area contributed by atoms with Crippen molar-refractivity contribution >= 4 is 62.2 Å². The molecule has 1 aromatic carbocycles. The van der Waals surface area contributed by atoms with Crippen LogP contribution in [0.25, 0.3) is 0 Å². The van der Waals surface area contributed by atoms with Crippen LogP contribution in [0.2, 0.25) is 10.0 Å². The van der Waals surface area contributed by atoms with E-state index in [0.717, 1.165) is 0 Å². The highest BCUT2D eigenvalue weighted by atomic mass is 35.5. The summed E-state index contributed by atoms with van der Waals surface area (Å²) in [6.07, 6.45) is 1.70. The number of sulfonamides is 1. The first kappa shape index (κ1) is 22.7. The Morgan fingerprint density at radius 2 is 2.03 bits per heavy atom. The maximum atomic E-state index is 12.7. The van der Waals surface area contributed by atoms with E-state index in [1.807, 2.05) is 0 Å². The summed E-state index contributed by atoms with van der Waals surface area (Å²) in [5.41, 5.74) is 6.02. The Morgan fingerprint density at radius 3 is 2.66 bits per heavy atom. The zero-order valence-corrected chi connectivity index (χ0v) is 17.9. The molecule has 2 rings (SSSR count). The number of nitrogen functional groups attached to an aromatic ring is 1. The minimum Gasteiger partial charge on any atom is -0.481 e. The molecule has 5 N–H and O–H groups in total. The molecule has 156 valence electrons. The molecule has 0 unspecified atom stereocenters. The summed E-state index contributed by atoms with van der Waals surface area (Å²) >= 11 is 12.4. The number of aromatic nitrogens is 1. The predicted octanol–water partition coefficient (Wildman–Crippen LogP) is 3.35. The molecule has 0 atom stereocenters. The van der Waals surface area contributed by atoms with Crippen molar-refractivity contribution < 1.29 is 17.9 Å². The Bertz CT molecular complexity index is 1060. The number of benzene rings is 1. The molecule has 1 heterocycles. The lowest BCUT2D eigenvalue weighted by atomic mass is 10.1. The fourth-order valence-electron chi connectivity index (χ4n) is 2.36. The van der Waals surface area contributed by atoms with Crippen LogP contribution >= 0.6 is 23.2 Å². The molecule has 9 nitrogen and oxygen atoms in total. The Morgan fingerprint density at radius 1 is 1.34 bits per heavy atom. The largest absolute Gasteiger partial charge is 0.481 e. The smallest absolute Gasteiger partial charge is 0.258 e. The Hall–Kier alpha value is -2.56. The van der Waals surface area contributed by atoms with E-state index in [1.165, 1.54) is 31.5 Å². The number of carbonyl (C=O) groups excluding carboxylic acids is 1. The SMILES string of the molecule is CCCS(=O)(=O)Nc1ccc(Cl)c(C(=O)Nc2cnc(N)c(C(=N)OC)c2)c1Cl.